The van der Waals surface area contributed by atoms with E-state index in [1.807, 2.05) is 0 Å². The minimum absolute atomic E-state index is 0.203. The van der Waals surface area contributed by atoms with E-state index in [4.69, 9.17) is 0 Å². The van der Waals surface area contributed by atoms with Crippen molar-refractivity contribution >= 4 is 0 Å². The summed E-state index contributed by atoms with van der Waals surface area (Å²) in [5.74, 6) is 0. The van der Waals surface area contributed by atoms with Gasteiger partial charge in [-0.25, -0.2) is 0 Å². The van der Waals surface area contributed by atoms with E-state index < -0.39 is 17.3 Å². The molecule has 3 nitrogen and oxygen atoms in total. The summed E-state index contributed by atoms with van der Waals surface area (Å²) < 4.78 is 41.3. The quantitative estimate of drug-likeness (QED) is 0.817. The first-order valence-electron chi connectivity index (χ1n) is 4.32. The van der Waals surface area contributed by atoms with Gasteiger partial charge < -0.3 is 4.52 Å². The zero-order valence-electron chi connectivity index (χ0n) is 7.84. The average molecular weight is 229 g/mol. The Kier molecular flexibility index (Phi) is 2.34. The zero-order chi connectivity index (χ0) is 11.8. The molecule has 0 bridgehead atoms. The van der Waals surface area contributed by atoms with E-state index in [0.29, 0.717) is 5.56 Å². The smallest absolute Gasteiger partial charge is 0.386 e. The second-order valence-corrected chi connectivity index (χ2v) is 3.16. The second-order valence-electron chi connectivity index (χ2n) is 3.16. The number of aromatic nitrogens is 1. The van der Waals surface area contributed by atoms with Gasteiger partial charge in [0.25, 0.3) is 5.56 Å². The first kappa shape index (κ1) is 10.5. The number of aromatic amines is 1. The highest BCUT2D eigenvalue weighted by Gasteiger charge is 2.30. The molecule has 0 radical (unpaired) electrons. The lowest BCUT2D eigenvalue weighted by molar-refractivity contribution is -0.137. The van der Waals surface area contributed by atoms with Gasteiger partial charge in [-0.2, -0.15) is 18.3 Å². The monoisotopic (exact) mass is 229 g/mol. The summed E-state index contributed by atoms with van der Waals surface area (Å²) in [5.41, 5.74) is -0.646. The lowest BCUT2D eigenvalue weighted by Gasteiger charge is -2.06. The maximum Gasteiger partial charge on any atom is 0.416 e. The van der Waals surface area contributed by atoms with Crippen LogP contribution in [0.2, 0.25) is 0 Å². The minimum Gasteiger partial charge on any atom is -0.386 e. The second kappa shape index (κ2) is 3.55. The van der Waals surface area contributed by atoms with E-state index in [1.54, 1.807) is 0 Å². The van der Waals surface area contributed by atoms with E-state index in [0.717, 1.165) is 18.4 Å². The Hall–Kier alpha value is -1.98. The number of alkyl halides is 3. The molecule has 2 aromatic rings. The SMILES string of the molecule is O=c1[nH]occ1-c1ccc(C(F)(F)F)cc1. The van der Waals surface area contributed by atoms with Crippen molar-refractivity contribution in [3.8, 4) is 11.1 Å². The predicted octanol–water partition coefficient (Wildman–Crippen LogP) is 2.65. The molecule has 0 spiro atoms. The summed E-state index contributed by atoms with van der Waals surface area (Å²) in [4.78, 5) is 11.1. The van der Waals surface area contributed by atoms with Gasteiger partial charge >= 0.3 is 6.18 Å². The van der Waals surface area contributed by atoms with Crippen molar-refractivity contribution in [1.82, 2.24) is 5.16 Å². The van der Waals surface area contributed by atoms with E-state index in [9.17, 15) is 18.0 Å². The molecule has 0 unspecified atom stereocenters. The van der Waals surface area contributed by atoms with Gasteiger partial charge in [0.15, 0.2) is 0 Å². The van der Waals surface area contributed by atoms with Gasteiger partial charge in [-0.1, -0.05) is 12.1 Å². The lowest BCUT2D eigenvalue weighted by Crippen LogP contribution is -2.05. The van der Waals surface area contributed by atoms with Gasteiger partial charge in [-0.3, -0.25) is 4.79 Å². The van der Waals surface area contributed by atoms with E-state index in [1.165, 1.54) is 12.1 Å². The van der Waals surface area contributed by atoms with Gasteiger partial charge in [-0.15, -0.1) is 0 Å². The number of nitrogens with one attached hydrogen (secondary N) is 1. The standard InChI is InChI=1S/C10H6F3NO2/c11-10(12,13)7-3-1-6(2-4-7)8-5-16-14-9(8)15/h1-5H,(H,14,15). The van der Waals surface area contributed by atoms with E-state index >= 15 is 0 Å². The number of benzene rings is 1. The molecule has 0 fully saturated rings. The first-order valence-corrected chi connectivity index (χ1v) is 4.32. The zero-order valence-corrected chi connectivity index (χ0v) is 7.84. The molecular weight excluding hydrogens is 223 g/mol. The molecule has 0 aliphatic carbocycles. The summed E-state index contributed by atoms with van der Waals surface area (Å²) in [5, 5.41) is 2.06. The highest BCUT2D eigenvalue weighted by molar-refractivity contribution is 5.61. The molecule has 1 N–H and O–H groups in total. The normalized spacial score (nSPS) is 11.7. The van der Waals surface area contributed by atoms with Gasteiger partial charge in [0.1, 0.15) is 6.26 Å². The van der Waals surface area contributed by atoms with Crippen molar-refractivity contribution in [2.45, 2.75) is 6.18 Å². The van der Waals surface area contributed by atoms with Crippen LogP contribution in [0.1, 0.15) is 5.56 Å². The molecule has 84 valence electrons. The summed E-state index contributed by atoms with van der Waals surface area (Å²) in [6.07, 6.45) is -3.22. The Balaban J connectivity index is 2.41. The molecule has 1 heterocycles. The van der Waals surface area contributed by atoms with Crippen LogP contribution in [0.25, 0.3) is 11.1 Å². The van der Waals surface area contributed by atoms with Crippen molar-refractivity contribution < 1.29 is 17.7 Å². The van der Waals surface area contributed by atoms with Gasteiger partial charge in [0.2, 0.25) is 0 Å². The predicted molar refractivity (Wildman–Crippen MR) is 49.8 cm³/mol. The van der Waals surface area contributed by atoms with Crippen LogP contribution >= 0.6 is 0 Å². The number of halogens is 3. The van der Waals surface area contributed by atoms with Crippen LogP contribution in [0, 0.1) is 0 Å². The van der Waals surface area contributed by atoms with Crippen LogP contribution in [0.4, 0.5) is 13.2 Å². The summed E-state index contributed by atoms with van der Waals surface area (Å²) >= 11 is 0. The van der Waals surface area contributed by atoms with Crippen molar-refractivity contribution in [3.63, 3.8) is 0 Å². The maximum atomic E-state index is 12.3. The van der Waals surface area contributed by atoms with E-state index in [-0.39, 0.29) is 5.56 Å². The van der Waals surface area contributed by atoms with Crippen LogP contribution in [0.5, 0.6) is 0 Å². The number of hydrogen-bond donors (Lipinski definition) is 1. The van der Waals surface area contributed by atoms with Crippen LogP contribution in [0.3, 0.4) is 0 Å². The van der Waals surface area contributed by atoms with E-state index in [2.05, 4.69) is 9.68 Å². The van der Waals surface area contributed by atoms with Crippen LogP contribution in [-0.2, 0) is 6.18 Å². The highest BCUT2D eigenvalue weighted by atomic mass is 19.4. The Labute approximate surface area is 87.5 Å². The summed E-state index contributed by atoms with van der Waals surface area (Å²) in [6.45, 7) is 0. The molecule has 2 rings (SSSR count). The molecule has 0 amide bonds. The topological polar surface area (TPSA) is 46.0 Å². The minimum atomic E-state index is -4.37. The fourth-order valence-electron chi connectivity index (χ4n) is 1.29. The third kappa shape index (κ3) is 1.86. The van der Waals surface area contributed by atoms with Gasteiger partial charge in [0.05, 0.1) is 11.1 Å². The summed E-state index contributed by atoms with van der Waals surface area (Å²) in [6, 6.07) is 4.29. The molecule has 0 saturated carbocycles. The Morgan fingerprint density at radius 2 is 1.75 bits per heavy atom. The van der Waals surface area contributed by atoms with Crippen LogP contribution in [-0.4, -0.2) is 5.16 Å². The molecule has 0 aliphatic heterocycles. The van der Waals surface area contributed by atoms with Crippen molar-refractivity contribution in [1.29, 1.82) is 0 Å². The van der Waals surface area contributed by atoms with Gasteiger partial charge in [-0.05, 0) is 17.7 Å². The third-order valence-electron chi connectivity index (χ3n) is 2.10. The Morgan fingerprint density at radius 3 is 2.19 bits per heavy atom. The lowest BCUT2D eigenvalue weighted by atomic mass is 10.1. The maximum absolute atomic E-state index is 12.3. The fraction of sp³-hybridized carbons (Fsp3) is 0.100. The van der Waals surface area contributed by atoms with Crippen LogP contribution in [0.15, 0.2) is 39.8 Å². The molecular formula is C10H6F3NO2. The molecule has 16 heavy (non-hydrogen) atoms. The molecule has 0 atom stereocenters. The molecule has 1 aromatic carbocycles. The van der Waals surface area contributed by atoms with Crippen molar-refractivity contribution in [2.75, 3.05) is 0 Å². The summed E-state index contributed by atoms with van der Waals surface area (Å²) in [7, 11) is 0. The van der Waals surface area contributed by atoms with Gasteiger partial charge in [0, 0.05) is 0 Å². The fourth-order valence-corrected chi connectivity index (χ4v) is 1.29. The Bertz CT molecular complexity index is 536. The molecule has 0 saturated heterocycles. The van der Waals surface area contributed by atoms with Crippen LogP contribution < -0.4 is 5.56 Å². The molecule has 6 heteroatoms. The van der Waals surface area contributed by atoms with Crippen molar-refractivity contribution in [2.24, 2.45) is 0 Å². The number of hydrogen-bond acceptors (Lipinski definition) is 2. The first-order chi connectivity index (χ1) is 7.48. The third-order valence-corrected chi connectivity index (χ3v) is 2.10. The largest absolute Gasteiger partial charge is 0.416 e. The molecule has 1 aromatic heterocycles. The average Bonchev–Trinajstić information content (AvgIpc) is 2.63. The molecule has 0 aliphatic rings. The number of H-pyrrole nitrogens is 1. The number of rotatable bonds is 1. The highest BCUT2D eigenvalue weighted by Crippen LogP contribution is 2.30. The van der Waals surface area contributed by atoms with Crippen molar-refractivity contribution in [3.05, 3.63) is 46.4 Å². The Morgan fingerprint density at radius 1 is 1.12 bits per heavy atom.